The van der Waals surface area contributed by atoms with Gasteiger partial charge in [0, 0.05) is 54.3 Å². The third-order valence-corrected chi connectivity index (χ3v) is 12.1. The van der Waals surface area contributed by atoms with Crippen LogP contribution in [-0.4, -0.2) is 81.6 Å². The fraction of sp³-hybridized carbons (Fsp3) is 0.143. The number of aromatic hydroxyl groups is 2. The first kappa shape index (κ1) is 41.7. The molecule has 0 saturated carbocycles. The standard InChI is InChI=1S/C26H20FN7O.C23H21FN8O/c1-15-6-2-3-7-19(15)24-20(33-9-5-4-8-21(33)31-24)13-34-26-22(25(28)29-14-30-26)23(32-34)16-10-17(27)12-18(35)11-16;24-15-9-14(10-16(33)11-15)20-19-21(25)26-13-27-23(19)32(29-20)12-17-22(30-6-3-4-7-30)28-18-5-1-2-8-31(17)18/h2-12,14,35H,13H2,1H3,(H2,28,29,30);1-2,5,8-11,13,33H,3-4,6-7,12H2,(H2,25,26,27). The van der Waals surface area contributed by atoms with Crippen LogP contribution >= 0.6 is 0 Å². The summed E-state index contributed by atoms with van der Waals surface area (Å²) in [5.74, 6) is -0.166. The number of aromatic nitrogens is 12. The normalized spacial score (nSPS) is 12.7. The summed E-state index contributed by atoms with van der Waals surface area (Å²) in [7, 11) is 0. The van der Waals surface area contributed by atoms with Gasteiger partial charge in [0.05, 0.1) is 40.9 Å². The van der Waals surface area contributed by atoms with Gasteiger partial charge in [-0.3, -0.25) is 4.40 Å². The smallest absolute Gasteiger partial charge is 0.164 e. The number of halogens is 2. The maximum Gasteiger partial charge on any atom is 0.164 e. The molecule has 19 heteroatoms. The van der Waals surface area contributed by atoms with Gasteiger partial charge < -0.3 is 31.0 Å². The molecule has 6 N–H and O–H groups in total. The van der Waals surface area contributed by atoms with E-state index in [1.807, 2.05) is 71.4 Å². The van der Waals surface area contributed by atoms with Crippen molar-refractivity contribution in [3.05, 3.63) is 151 Å². The topological polar surface area (TPSA) is 218 Å². The number of aryl methyl sites for hydroxylation is 1. The summed E-state index contributed by atoms with van der Waals surface area (Å²) in [6.07, 6.45) is 8.97. The number of imidazole rings is 2. The Bertz CT molecular complexity index is 3680. The number of hydrogen-bond donors (Lipinski definition) is 4. The van der Waals surface area contributed by atoms with Gasteiger partial charge in [-0.05, 0) is 73.9 Å². The van der Waals surface area contributed by atoms with E-state index in [4.69, 9.17) is 31.6 Å². The number of phenolic OH excluding ortho intramolecular Hbond substituents is 2. The van der Waals surface area contributed by atoms with Crippen molar-refractivity contribution in [3.63, 3.8) is 0 Å². The van der Waals surface area contributed by atoms with E-state index in [0.29, 0.717) is 57.7 Å². The molecule has 17 nitrogen and oxygen atoms in total. The van der Waals surface area contributed by atoms with Gasteiger partial charge in [0.15, 0.2) is 17.1 Å². The van der Waals surface area contributed by atoms with Crippen LogP contribution in [0.4, 0.5) is 26.2 Å². The molecule has 8 aromatic heterocycles. The molecule has 0 amide bonds. The molecule has 1 fully saturated rings. The van der Waals surface area contributed by atoms with E-state index in [0.717, 1.165) is 83.4 Å². The average molecular weight is 910 g/mol. The third kappa shape index (κ3) is 7.44. The molecule has 0 unspecified atom stereocenters. The number of hydrogen-bond acceptors (Lipinski definition) is 13. The van der Waals surface area contributed by atoms with Crippen LogP contribution in [-0.2, 0) is 13.1 Å². The number of nitrogen functional groups attached to an aromatic ring is 2. The number of anilines is 3. The van der Waals surface area contributed by atoms with E-state index in [1.54, 1.807) is 9.36 Å². The van der Waals surface area contributed by atoms with Crippen LogP contribution in [0.2, 0.25) is 0 Å². The molecule has 9 heterocycles. The zero-order valence-electron chi connectivity index (χ0n) is 36.4. The van der Waals surface area contributed by atoms with Crippen molar-refractivity contribution in [3.8, 4) is 45.3 Å². The van der Waals surface area contributed by atoms with Crippen LogP contribution in [0.3, 0.4) is 0 Å². The van der Waals surface area contributed by atoms with Gasteiger partial charge in [-0.2, -0.15) is 10.2 Å². The van der Waals surface area contributed by atoms with Gasteiger partial charge in [0.1, 0.15) is 70.1 Å². The Kier molecular flexibility index (Phi) is 10.3. The minimum absolute atomic E-state index is 0.193. The molecule has 1 aliphatic rings. The summed E-state index contributed by atoms with van der Waals surface area (Å²) in [6.45, 7) is 4.67. The molecule has 0 aliphatic carbocycles. The van der Waals surface area contributed by atoms with Crippen molar-refractivity contribution in [2.24, 2.45) is 0 Å². The van der Waals surface area contributed by atoms with Crippen molar-refractivity contribution in [1.29, 1.82) is 0 Å². The highest BCUT2D eigenvalue weighted by molar-refractivity contribution is 5.99. The maximum atomic E-state index is 14.1. The van der Waals surface area contributed by atoms with Crippen LogP contribution in [0.1, 0.15) is 29.8 Å². The summed E-state index contributed by atoms with van der Waals surface area (Å²) >= 11 is 0. The van der Waals surface area contributed by atoms with E-state index in [9.17, 15) is 19.0 Å². The fourth-order valence-corrected chi connectivity index (χ4v) is 9.01. The van der Waals surface area contributed by atoms with Crippen LogP contribution in [0.15, 0.2) is 122 Å². The Morgan fingerprint density at radius 1 is 0.588 bits per heavy atom. The van der Waals surface area contributed by atoms with Crippen LogP contribution < -0.4 is 16.4 Å². The van der Waals surface area contributed by atoms with E-state index in [2.05, 4.69) is 42.2 Å². The van der Waals surface area contributed by atoms with Gasteiger partial charge in [0.25, 0.3) is 0 Å². The first-order valence-corrected chi connectivity index (χ1v) is 21.7. The molecule has 338 valence electrons. The summed E-state index contributed by atoms with van der Waals surface area (Å²) in [4.78, 5) is 29.2. The second-order valence-corrected chi connectivity index (χ2v) is 16.5. The highest BCUT2D eigenvalue weighted by Gasteiger charge is 2.26. The number of nitrogens with zero attached hydrogens (tertiary/aromatic N) is 13. The molecular weight excluding hydrogens is 869 g/mol. The van der Waals surface area contributed by atoms with Crippen LogP contribution in [0.25, 0.3) is 67.1 Å². The number of benzene rings is 3. The molecule has 68 heavy (non-hydrogen) atoms. The van der Waals surface area contributed by atoms with Crippen LogP contribution in [0.5, 0.6) is 11.5 Å². The second-order valence-electron chi connectivity index (χ2n) is 16.5. The highest BCUT2D eigenvalue weighted by Crippen LogP contribution is 2.36. The Morgan fingerprint density at radius 3 is 1.66 bits per heavy atom. The van der Waals surface area contributed by atoms with Crippen LogP contribution in [0, 0.1) is 18.6 Å². The summed E-state index contributed by atoms with van der Waals surface area (Å²) in [5, 5.41) is 30.4. The molecule has 11 aromatic rings. The highest BCUT2D eigenvalue weighted by atomic mass is 19.1. The lowest BCUT2D eigenvalue weighted by molar-refractivity contribution is 0.468. The number of nitrogens with two attached hydrogens (primary N) is 2. The Hall–Kier alpha value is -9.00. The van der Waals surface area contributed by atoms with Gasteiger partial charge in [-0.15, -0.1) is 0 Å². The zero-order chi connectivity index (χ0) is 46.6. The van der Waals surface area contributed by atoms with Gasteiger partial charge in [-0.1, -0.05) is 36.4 Å². The Morgan fingerprint density at radius 2 is 1.10 bits per heavy atom. The first-order valence-electron chi connectivity index (χ1n) is 21.7. The van der Waals surface area contributed by atoms with E-state index < -0.39 is 11.6 Å². The predicted molar refractivity (Wildman–Crippen MR) is 254 cm³/mol. The zero-order valence-corrected chi connectivity index (χ0v) is 36.4. The lowest BCUT2D eigenvalue weighted by Crippen LogP contribution is -2.20. The number of rotatable bonds is 8. The Labute approximate surface area is 385 Å². The van der Waals surface area contributed by atoms with Crippen molar-refractivity contribution < 1.29 is 19.0 Å². The largest absolute Gasteiger partial charge is 0.508 e. The molecule has 12 rings (SSSR count). The number of pyridine rings is 2. The minimum Gasteiger partial charge on any atom is -0.508 e. The van der Waals surface area contributed by atoms with E-state index in [1.165, 1.54) is 36.9 Å². The van der Waals surface area contributed by atoms with Gasteiger partial charge >= 0.3 is 0 Å². The first-order chi connectivity index (χ1) is 33.1. The Balaban J connectivity index is 0.000000149. The SMILES string of the molecule is Cc1ccccc1-c1nc2ccccn2c1Cn1nc(-c2cc(O)cc(F)c2)c2c(N)ncnc21.Nc1ncnc2c1c(-c1cc(O)cc(F)c1)nn2Cc1c(N2CCCC2)nc2ccccn12. The number of fused-ring (bicyclic) bond motifs is 4. The second kappa shape index (κ2) is 16.8. The molecular formula is C49H41F2N15O2. The van der Waals surface area contributed by atoms with Crippen molar-refractivity contribution >= 4 is 50.8 Å². The van der Waals surface area contributed by atoms with E-state index in [-0.39, 0.29) is 23.1 Å². The van der Waals surface area contributed by atoms with Crippen molar-refractivity contribution in [1.82, 2.24) is 58.3 Å². The monoisotopic (exact) mass is 909 g/mol. The lowest BCUT2D eigenvalue weighted by Gasteiger charge is -2.16. The average Bonchev–Trinajstić information content (AvgIpc) is 4.17. The maximum absolute atomic E-state index is 14.1. The number of phenols is 2. The molecule has 0 atom stereocenters. The third-order valence-electron chi connectivity index (χ3n) is 12.1. The summed E-state index contributed by atoms with van der Waals surface area (Å²) in [6, 6.07) is 27.4. The molecule has 1 saturated heterocycles. The van der Waals surface area contributed by atoms with E-state index >= 15 is 0 Å². The predicted octanol–water partition coefficient (Wildman–Crippen LogP) is 7.81. The van der Waals surface area contributed by atoms with Gasteiger partial charge in [0.2, 0.25) is 0 Å². The molecule has 1 aliphatic heterocycles. The fourth-order valence-electron chi connectivity index (χ4n) is 9.01. The summed E-state index contributed by atoms with van der Waals surface area (Å²) in [5.41, 5.74) is 21.5. The molecule has 0 radical (unpaired) electrons. The van der Waals surface area contributed by atoms with Crippen molar-refractivity contribution in [2.75, 3.05) is 29.5 Å². The minimum atomic E-state index is -0.582. The molecule has 3 aromatic carbocycles. The summed E-state index contributed by atoms with van der Waals surface area (Å²) < 4.78 is 35.7. The molecule has 0 spiro atoms. The quantitative estimate of drug-likeness (QED) is 0.115. The molecule has 0 bridgehead atoms. The van der Waals surface area contributed by atoms with Crippen molar-refractivity contribution in [2.45, 2.75) is 32.9 Å². The lowest BCUT2D eigenvalue weighted by atomic mass is 10.0. The van der Waals surface area contributed by atoms with Gasteiger partial charge in [-0.25, -0.2) is 48.0 Å².